The van der Waals surface area contributed by atoms with E-state index in [-0.39, 0.29) is 34.6 Å². The number of nitrogens with zero attached hydrogens (tertiary/aromatic N) is 7. The molecule has 0 radical (unpaired) electrons. The minimum Gasteiger partial charge on any atom is -0.456 e. The van der Waals surface area contributed by atoms with Gasteiger partial charge >= 0.3 is 0 Å². The number of anilines is 2. The number of fused-ring (bicyclic) bond motifs is 3. The monoisotopic (exact) mass is 890 g/mol. The molecule has 6 aromatic carbocycles. The molecule has 0 atom stereocenters. The van der Waals surface area contributed by atoms with Crippen LogP contribution in [0.25, 0.3) is 61.3 Å². The molecule has 0 aliphatic carbocycles. The number of para-hydroxylation sites is 1. The minimum atomic E-state index is -0.608. The smallest absolute Gasteiger partial charge is 0.167 e. The van der Waals surface area contributed by atoms with Crippen LogP contribution in [0.2, 0.25) is 0 Å². The summed E-state index contributed by atoms with van der Waals surface area (Å²) in [5.41, 5.74) is 2.91. The van der Waals surface area contributed by atoms with Crippen molar-refractivity contribution in [3.8, 4) is 51.0 Å². The number of aromatic nitrogens is 5. The van der Waals surface area contributed by atoms with Crippen LogP contribution in [0, 0.1) is 0 Å². The highest BCUT2D eigenvalue weighted by Crippen LogP contribution is 2.46. The van der Waals surface area contributed by atoms with Gasteiger partial charge in [0.25, 0.3) is 0 Å². The second-order valence-corrected chi connectivity index (χ2v) is 19.9. The van der Waals surface area contributed by atoms with Crippen LogP contribution < -0.4 is 14.5 Å². The quantitative estimate of drug-likeness (QED) is 0.150. The lowest BCUT2D eigenvalue weighted by atomic mass is 9.82. The zero-order valence-corrected chi connectivity index (χ0v) is 39.1. The first-order chi connectivity index (χ1) is 36.2. The first-order valence-electron chi connectivity index (χ1n) is 27.3. The highest BCUT2D eigenvalue weighted by atomic mass is 16.5. The van der Waals surface area contributed by atoms with Gasteiger partial charge in [0, 0.05) is 69.1 Å². The van der Waals surface area contributed by atoms with Gasteiger partial charge in [-0.3, -0.25) is 4.57 Å². The van der Waals surface area contributed by atoms with Gasteiger partial charge in [0.05, 0.1) is 42.7 Å². The van der Waals surface area contributed by atoms with Crippen LogP contribution >= 0.6 is 0 Å². The van der Waals surface area contributed by atoms with Crippen LogP contribution in [0.15, 0.2) is 170 Å². The Morgan fingerprint density at radius 1 is 0.552 bits per heavy atom. The molecule has 67 heavy (non-hydrogen) atoms. The van der Waals surface area contributed by atoms with Crippen molar-refractivity contribution < 1.29 is 18.4 Å². The van der Waals surface area contributed by atoms with Gasteiger partial charge in [-0.1, -0.05) is 153 Å². The average molecular weight is 890 g/mol. The maximum Gasteiger partial charge on any atom is 0.167 e. The second kappa shape index (κ2) is 16.7. The van der Waals surface area contributed by atoms with Crippen molar-refractivity contribution in [2.24, 2.45) is 0 Å². The molecule has 8 nitrogen and oxygen atoms in total. The molecule has 3 aromatic heterocycles. The maximum atomic E-state index is 9.18. The van der Waals surface area contributed by atoms with Crippen LogP contribution in [-0.4, -0.2) is 31.2 Å². The van der Waals surface area contributed by atoms with Crippen LogP contribution in [-0.2, 0) is 16.2 Å². The Kier molecular flexibility index (Phi) is 8.22. The third-order valence-electron chi connectivity index (χ3n) is 11.8. The molecule has 0 saturated heterocycles. The fourth-order valence-electron chi connectivity index (χ4n) is 8.27. The summed E-state index contributed by atoms with van der Waals surface area (Å²) >= 11 is 0. The lowest BCUT2D eigenvalue weighted by molar-refractivity contribution is 0.481. The third kappa shape index (κ3) is 8.44. The van der Waals surface area contributed by atoms with Gasteiger partial charge < -0.3 is 14.5 Å². The van der Waals surface area contributed by atoms with E-state index in [1.165, 1.54) is 0 Å². The number of hydrogen-bond acceptors (Lipinski definition) is 7. The van der Waals surface area contributed by atoms with E-state index < -0.39 is 76.7 Å². The zero-order chi connectivity index (χ0) is 55.4. The largest absolute Gasteiger partial charge is 0.456 e. The van der Waals surface area contributed by atoms with E-state index in [2.05, 4.69) is 64.3 Å². The van der Waals surface area contributed by atoms with E-state index in [0.29, 0.717) is 45.8 Å². The average Bonchev–Trinajstić information content (AvgIpc) is 4.06. The summed E-state index contributed by atoms with van der Waals surface area (Å²) in [4.78, 5) is 23.7. The van der Waals surface area contributed by atoms with E-state index in [1.54, 1.807) is 29.4 Å². The van der Waals surface area contributed by atoms with E-state index in [9.17, 15) is 5.48 Å². The summed E-state index contributed by atoms with van der Waals surface area (Å²) in [5, 5.41) is 1.95. The van der Waals surface area contributed by atoms with Crippen molar-refractivity contribution in [2.45, 2.75) is 78.6 Å². The number of benzene rings is 6. The fraction of sp³-hybridized carbons (Fsp3) is 0.220. The first kappa shape index (κ1) is 33.0. The molecule has 0 N–H and O–H groups in total. The molecule has 8 heteroatoms. The van der Waals surface area contributed by atoms with E-state index >= 15 is 0 Å². The summed E-state index contributed by atoms with van der Waals surface area (Å²) in [5.74, 6) is 3.42. The molecule has 0 amide bonds. The van der Waals surface area contributed by atoms with E-state index in [0.717, 1.165) is 27.6 Å². The molecule has 10 rings (SSSR count). The molecular weight excluding hydrogens is 823 g/mol. The van der Waals surface area contributed by atoms with Gasteiger partial charge in [-0.05, 0) is 70.6 Å². The molecule has 9 aromatic rings. The Labute approximate surface area is 408 Å². The Hall–Kier alpha value is -7.58. The number of hydrogen-bond donors (Lipinski definition) is 0. The van der Waals surface area contributed by atoms with Crippen LogP contribution in [0.1, 0.15) is 93.2 Å². The zero-order valence-electron chi connectivity index (χ0n) is 49.1. The number of rotatable bonds is 8. The lowest BCUT2D eigenvalue weighted by Crippen LogP contribution is -2.26. The van der Waals surface area contributed by atoms with Crippen molar-refractivity contribution in [3.63, 3.8) is 0 Å². The van der Waals surface area contributed by atoms with Crippen LogP contribution in [0.4, 0.5) is 11.4 Å². The fourth-order valence-corrected chi connectivity index (χ4v) is 8.27. The second-order valence-electron chi connectivity index (χ2n) is 19.9. The molecule has 1 aliphatic rings. The highest BCUT2D eigenvalue weighted by Gasteiger charge is 2.29. The molecule has 0 unspecified atom stereocenters. The first-order valence-corrected chi connectivity index (χ1v) is 22.3. The van der Waals surface area contributed by atoms with E-state index in [4.69, 9.17) is 32.9 Å². The number of pyridine rings is 1. The summed E-state index contributed by atoms with van der Waals surface area (Å²) in [6.07, 6.45) is 5.35. The van der Waals surface area contributed by atoms with Crippen molar-refractivity contribution in [1.82, 2.24) is 24.5 Å². The predicted octanol–water partition coefficient (Wildman–Crippen LogP) is 14.8. The third-order valence-corrected chi connectivity index (χ3v) is 11.8. The standard InChI is InChI=1S/C59H57N7O/c1-57(2,3)41-33-45(39-21-12-10-13-22-39)53(46(34-41)40-23-14-11-15-24-40)65-32-31-64(38-65)42-25-20-26-43(35-42)67-51-37-50-47(44-27-16-17-28-49(44)66(50)52-29-18-19-30-60-52)36-48(51)54-61-55(58(4,5)6)63-56(62-54)59(7,8)9/h10-37H,38H2,1-9H3/i10D,11D,12D,13D,14D,15D,21D,22D,23D,24D. The Morgan fingerprint density at radius 3 is 1.79 bits per heavy atom. The van der Waals surface area contributed by atoms with Crippen molar-refractivity contribution >= 4 is 33.2 Å². The highest BCUT2D eigenvalue weighted by molar-refractivity contribution is 6.11. The Balaban J connectivity index is 1.14. The Morgan fingerprint density at radius 2 is 1.18 bits per heavy atom. The molecule has 0 saturated carbocycles. The predicted molar refractivity (Wildman–Crippen MR) is 276 cm³/mol. The molecule has 334 valence electrons. The summed E-state index contributed by atoms with van der Waals surface area (Å²) in [7, 11) is 0. The molecule has 1 aliphatic heterocycles. The summed E-state index contributed by atoms with van der Waals surface area (Å²) in [6, 6.07) is 24.1. The summed E-state index contributed by atoms with van der Waals surface area (Å²) < 4.78 is 97.5. The molecule has 0 spiro atoms. The maximum absolute atomic E-state index is 9.18. The van der Waals surface area contributed by atoms with Crippen LogP contribution in [0.3, 0.4) is 0 Å². The van der Waals surface area contributed by atoms with Gasteiger partial charge in [-0.15, -0.1) is 0 Å². The topological polar surface area (TPSA) is 72.2 Å². The Bertz CT molecular complexity index is 3730. The molecule has 0 bridgehead atoms. The van der Waals surface area contributed by atoms with Crippen molar-refractivity contribution in [3.05, 3.63) is 187 Å². The van der Waals surface area contributed by atoms with Gasteiger partial charge in [0.1, 0.15) is 29.0 Å². The lowest BCUT2D eigenvalue weighted by Gasteiger charge is -2.29. The SMILES string of the molecule is [2H]c1c([2H])c([2H])c(-c2cc(C(C)(C)C)cc(-c3c([2H])c([2H])c([2H])c([2H])c3[2H])c2N2C=CN(c3cccc(Oc4cc5c(cc4-c4nc(C(C)(C)C)nc(C(C)(C)C)n4)c4ccccc4n5-c4ccccn4)c3)C2)c([2H])c1[2H]. The van der Waals surface area contributed by atoms with Crippen LogP contribution in [0.5, 0.6) is 11.5 Å². The van der Waals surface area contributed by atoms with Gasteiger partial charge in [-0.2, -0.15) is 0 Å². The molecule has 0 fully saturated rings. The normalized spacial score (nSPS) is 15.4. The van der Waals surface area contributed by atoms with Gasteiger partial charge in [-0.25, -0.2) is 19.9 Å². The van der Waals surface area contributed by atoms with Gasteiger partial charge in [0.15, 0.2) is 5.82 Å². The minimum absolute atomic E-state index is 0.0903. The van der Waals surface area contributed by atoms with Gasteiger partial charge in [0.2, 0.25) is 0 Å². The summed E-state index contributed by atoms with van der Waals surface area (Å²) in [6.45, 7) is 18.4. The van der Waals surface area contributed by atoms with Crippen molar-refractivity contribution in [1.29, 1.82) is 0 Å². The molecule has 4 heterocycles. The van der Waals surface area contributed by atoms with E-state index in [1.807, 2.05) is 92.5 Å². The van der Waals surface area contributed by atoms with Crippen molar-refractivity contribution in [2.75, 3.05) is 16.5 Å². The number of ether oxygens (including phenoxy) is 1. The molecular formula is C59H57N7O.